The van der Waals surface area contributed by atoms with E-state index in [1.54, 1.807) is 22.1 Å². The first-order valence-corrected chi connectivity index (χ1v) is 21.9. The summed E-state index contributed by atoms with van der Waals surface area (Å²) in [7, 11) is 2.51. The Morgan fingerprint density at radius 1 is 0.565 bits per heavy atom. The van der Waals surface area contributed by atoms with Crippen molar-refractivity contribution in [2.45, 2.75) is 108 Å². The number of nitrogens with zero attached hydrogens (tertiary/aromatic N) is 2. The Labute approximate surface area is 390 Å². The van der Waals surface area contributed by atoms with E-state index in [-0.39, 0.29) is 39.3 Å². The van der Waals surface area contributed by atoms with Gasteiger partial charge in [-0.05, 0) is 99.5 Å². The molecule has 2 fully saturated rings. The third-order valence-corrected chi connectivity index (χ3v) is 12.9. The lowest BCUT2D eigenvalue weighted by Gasteiger charge is -2.45. The molecule has 2 aliphatic heterocycles. The summed E-state index contributed by atoms with van der Waals surface area (Å²) < 4.78 is 84.5. The van der Waals surface area contributed by atoms with Gasteiger partial charge in [0.1, 0.15) is 22.7 Å². The van der Waals surface area contributed by atoms with Crippen LogP contribution in [0.5, 0.6) is 0 Å². The zero-order valence-corrected chi connectivity index (χ0v) is 38.0. The van der Waals surface area contributed by atoms with E-state index in [1.807, 2.05) is 0 Å². The highest BCUT2D eigenvalue weighted by atomic mass is 19.3. The molecule has 0 saturated heterocycles. The number of hydrogen-bond acceptors (Lipinski definition) is 8. The number of ketones is 2. The highest BCUT2D eigenvalue weighted by molar-refractivity contribution is 6.44. The number of carbonyl (C=O) groups excluding carboxylic acids is 8. The molecule has 4 aromatic rings. The molecule has 366 valence electrons. The van der Waals surface area contributed by atoms with E-state index in [4.69, 9.17) is 0 Å². The first-order chi connectivity index (χ1) is 32.4. The Bertz CT molecular complexity index is 2840. The monoisotopic (exact) mass is 966 g/mol. The summed E-state index contributed by atoms with van der Waals surface area (Å²) in [4.78, 5) is 102. The lowest BCUT2D eigenvalue weighted by molar-refractivity contribution is -0.164. The first kappa shape index (κ1) is 49.6. The van der Waals surface area contributed by atoms with E-state index in [1.165, 1.54) is 64.3 Å². The van der Waals surface area contributed by atoms with Crippen LogP contribution in [0.2, 0.25) is 0 Å². The van der Waals surface area contributed by atoms with Crippen LogP contribution >= 0.6 is 0 Å². The number of aromatic nitrogens is 2. The third-order valence-electron chi connectivity index (χ3n) is 12.9. The molecule has 0 bridgehead atoms. The molecule has 4 heterocycles. The molecule has 6 amide bonds. The van der Waals surface area contributed by atoms with Crippen molar-refractivity contribution in [2.24, 2.45) is 0 Å². The number of amides is 6. The van der Waals surface area contributed by atoms with Gasteiger partial charge in [-0.3, -0.25) is 38.4 Å². The van der Waals surface area contributed by atoms with Crippen molar-refractivity contribution in [1.82, 2.24) is 30.4 Å². The number of carbonyl (C=O) groups is 8. The van der Waals surface area contributed by atoms with Crippen LogP contribution in [0.3, 0.4) is 0 Å². The first-order valence-electron chi connectivity index (χ1n) is 21.9. The van der Waals surface area contributed by atoms with Crippen LogP contribution in [0.15, 0.2) is 42.5 Å². The van der Waals surface area contributed by atoms with Gasteiger partial charge in [-0.25, -0.2) is 26.3 Å². The molecule has 2 aliphatic carbocycles. The summed E-state index contributed by atoms with van der Waals surface area (Å²) in [5.74, 6) is -14.3. The van der Waals surface area contributed by atoms with Gasteiger partial charge in [0.2, 0.25) is 11.8 Å². The van der Waals surface area contributed by atoms with Gasteiger partial charge >= 0.3 is 0 Å². The number of benzene rings is 2. The standard InChI is InChI=1S/C24H25F3N4O4.C23H23F3N4O4/c1-12-6-7-14(9-15(12)25)29-20(33)17-13(2)18(31-8-4-5-16(17)31)19(32)21(34)30-23(22(35)28-3)10-24(26,27)11-23;1-12-16(19(32)28-14-7-5-13(24)6-8-14)15-4-3-9-30(15)17(12)18(31)20(33)29-22(21(34)27-2)10-23(25,26)11-22/h6-7,9H,4-5,8,10-11H2,1-3H3,(H,28,35)(H,29,33)(H,30,34);5-8H,3-4,9-11H2,1-2H3,(H,27,34)(H,28,32)(H,29,33). The van der Waals surface area contributed by atoms with Gasteiger partial charge in [0.25, 0.3) is 47.0 Å². The van der Waals surface area contributed by atoms with Gasteiger partial charge in [-0.15, -0.1) is 0 Å². The molecule has 2 saturated carbocycles. The van der Waals surface area contributed by atoms with Crippen molar-refractivity contribution in [3.63, 3.8) is 0 Å². The second-order valence-electron chi connectivity index (χ2n) is 17.8. The van der Waals surface area contributed by atoms with Gasteiger partial charge in [0, 0.05) is 75.6 Å². The molecule has 0 spiro atoms. The average Bonchev–Trinajstić information content (AvgIpc) is 4.05. The molecule has 0 atom stereocenters. The van der Waals surface area contributed by atoms with Crippen LogP contribution in [0, 0.1) is 32.4 Å². The Kier molecular flexibility index (Phi) is 13.2. The van der Waals surface area contributed by atoms with E-state index in [0.29, 0.717) is 61.4 Å². The molecule has 6 N–H and O–H groups in total. The maximum Gasteiger partial charge on any atom is 0.294 e. The smallest absolute Gasteiger partial charge is 0.294 e. The highest BCUT2D eigenvalue weighted by Crippen LogP contribution is 2.47. The SMILES string of the molecule is CNC(=O)C1(NC(=O)C(=O)c2c(C)c(C(=O)Nc3ccc(C)c(F)c3)c3n2CCC3)CC(F)(F)C1.CNC(=O)C1(NC(=O)C(=O)c2c(C)c(C(=O)Nc3ccc(F)cc3)c3n2CCC3)CC(F)(F)C1. The number of Topliss-reactive ketones (excluding diaryl/α,β-unsaturated/α-hetero) is 2. The topological polar surface area (TPSA) is 219 Å². The van der Waals surface area contributed by atoms with E-state index < -0.39 is 107 Å². The fourth-order valence-electron chi connectivity index (χ4n) is 9.73. The second kappa shape index (κ2) is 18.3. The van der Waals surface area contributed by atoms with E-state index in [9.17, 15) is 64.7 Å². The molecule has 0 radical (unpaired) electrons. The van der Waals surface area contributed by atoms with Gasteiger partial charge in [-0.2, -0.15) is 0 Å². The number of aryl methyl sites for hydroxylation is 1. The molecule has 16 nitrogen and oxygen atoms in total. The number of rotatable bonds is 12. The Balaban J connectivity index is 0.000000204. The predicted molar refractivity (Wildman–Crippen MR) is 235 cm³/mol. The molecule has 4 aliphatic rings. The van der Waals surface area contributed by atoms with Crippen molar-refractivity contribution in [2.75, 3.05) is 24.7 Å². The van der Waals surface area contributed by atoms with Crippen LogP contribution in [0.1, 0.15) is 108 Å². The maximum atomic E-state index is 13.9. The predicted octanol–water partition coefficient (Wildman–Crippen LogP) is 5.00. The lowest BCUT2D eigenvalue weighted by Crippen LogP contribution is -2.69. The minimum Gasteiger partial charge on any atom is -0.357 e. The minimum atomic E-state index is -3.13. The number of halogens is 6. The van der Waals surface area contributed by atoms with Crippen molar-refractivity contribution < 1.29 is 64.7 Å². The van der Waals surface area contributed by atoms with Gasteiger partial charge in [-0.1, -0.05) is 6.07 Å². The van der Waals surface area contributed by atoms with Crippen LogP contribution < -0.4 is 31.9 Å². The fraction of sp³-hybridized carbons (Fsp3) is 0.404. The van der Waals surface area contributed by atoms with Crippen molar-refractivity contribution in [3.05, 3.63) is 105 Å². The maximum absolute atomic E-state index is 13.9. The van der Waals surface area contributed by atoms with Crippen molar-refractivity contribution in [3.8, 4) is 0 Å². The van der Waals surface area contributed by atoms with E-state index in [2.05, 4.69) is 31.9 Å². The fourth-order valence-corrected chi connectivity index (χ4v) is 9.73. The number of alkyl halides is 4. The lowest BCUT2D eigenvalue weighted by atomic mass is 9.72. The normalized spacial score (nSPS) is 17.3. The summed E-state index contributed by atoms with van der Waals surface area (Å²) in [6.07, 6.45) is -1.39. The molecule has 8 rings (SSSR count). The van der Waals surface area contributed by atoms with Gasteiger partial charge in [0.15, 0.2) is 0 Å². The molecule has 0 unspecified atom stereocenters. The van der Waals surface area contributed by atoms with Gasteiger partial charge in [0.05, 0.1) is 22.5 Å². The van der Waals surface area contributed by atoms with Crippen LogP contribution in [-0.2, 0) is 45.1 Å². The summed E-state index contributed by atoms with van der Waals surface area (Å²) in [6, 6.07) is 9.43. The van der Waals surface area contributed by atoms with Crippen LogP contribution in [0.4, 0.5) is 37.7 Å². The summed E-state index contributed by atoms with van der Waals surface area (Å²) in [5, 5.41) is 14.2. The quantitative estimate of drug-likeness (QED) is 0.0644. The molecular weight excluding hydrogens is 919 g/mol. The Morgan fingerprint density at radius 3 is 1.33 bits per heavy atom. The minimum absolute atomic E-state index is 0.0209. The molecule has 22 heteroatoms. The third kappa shape index (κ3) is 9.35. The number of anilines is 2. The molecule has 69 heavy (non-hydrogen) atoms. The number of fused-ring (bicyclic) bond motifs is 2. The van der Waals surface area contributed by atoms with Crippen molar-refractivity contribution in [1.29, 1.82) is 0 Å². The summed E-state index contributed by atoms with van der Waals surface area (Å²) in [6.45, 7) is 5.41. The molecule has 2 aromatic heterocycles. The Hall–Kier alpha value is -7.26. The van der Waals surface area contributed by atoms with E-state index >= 15 is 0 Å². The molecular formula is C47H48F6N8O8. The number of hydrogen-bond donors (Lipinski definition) is 6. The van der Waals surface area contributed by atoms with Gasteiger partial charge < -0.3 is 41.0 Å². The summed E-state index contributed by atoms with van der Waals surface area (Å²) in [5.41, 5.74) is -0.721. The second-order valence-corrected chi connectivity index (χ2v) is 17.8. The largest absolute Gasteiger partial charge is 0.357 e. The summed E-state index contributed by atoms with van der Waals surface area (Å²) >= 11 is 0. The zero-order chi connectivity index (χ0) is 50.5. The van der Waals surface area contributed by atoms with Crippen molar-refractivity contribution >= 4 is 58.4 Å². The number of nitrogens with one attached hydrogen (secondary N) is 6. The highest BCUT2D eigenvalue weighted by Gasteiger charge is 2.63. The van der Waals surface area contributed by atoms with E-state index in [0.717, 1.165) is 0 Å². The number of likely N-dealkylation sites (N-methyl/N-ethyl adjacent to an activating group) is 2. The van der Waals surface area contributed by atoms with Crippen LogP contribution in [-0.4, -0.2) is 93.2 Å². The van der Waals surface area contributed by atoms with Crippen LogP contribution in [0.25, 0.3) is 0 Å². The average molecular weight is 967 g/mol. The molecule has 2 aromatic carbocycles. The Morgan fingerprint density at radius 2 is 0.957 bits per heavy atom. The zero-order valence-electron chi connectivity index (χ0n) is 38.0.